The fourth-order valence-corrected chi connectivity index (χ4v) is 2.27. The molecule has 0 radical (unpaired) electrons. The number of fused-ring (bicyclic) bond motifs is 1. The van der Waals surface area contributed by atoms with E-state index in [9.17, 15) is 4.79 Å². The molecular formula is C15H18N2O. The first kappa shape index (κ1) is 12.6. The Hall–Kier alpha value is -1.82. The number of rotatable bonds is 3. The van der Waals surface area contributed by atoms with Gasteiger partial charge in [-0.25, -0.2) is 0 Å². The van der Waals surface area contributed by atoms with Crippen molar-refractivity contribution >= 4 is 5.91 Å². The van der Waals surface area contributed by atoms with Crippen LogP contribution in [0.2, 0.25) is 0 Å². The summed E-state index contributed by atoms with van der Waals surface area (Å²) in [6.07, 6.45) is 4.66. The summed E-state index contributed by atoms with van der Waals surface area (Å²) in [7, 11) is 0. The summed E-state index contributed by atoms with van der Waals surface area (Å²) >= 11 is 0. The molecule has 0 aliphatic heterocycles. The van der Waals surface area contributed by atoms with Crippen molar-refractivity contribution in [3.05, 3.63) is 34.9 Å². The highest BCUT2D eigenvalue weighted by Crippen LogP contribution is 2.22. The number of hydrogen-bond acceptors (Lipinski definition) is 2. The van der Waals surface area contributed by atoms with Gasteiger partial charge in [0.1, 0.15) is 0 Å². The summed E-state index contributed by atoms with van der Waals surface area (Å²) in [6, 6.07) is 8.06. The average molecular weight is 242 g/mol. The summed E-state index contributed by atoms with van der Waals surface area (Å²) in [5.41, 5.74) is 3.39. The first-order valence-corrected chi connectivity index (χ1v) is 6.50. The first-order chi connectivity index (χ1) is 8.70. The van der Waals surface area contributed by atoms with E-state index in [4.69, 9.17) is 5.26 Å². The Morgan fingerprint density at radius 3 is 2.83 bits per heavy atom. The van der Waals surface area contributed by atoms with Crippen LogP contribution in [0.5, 0.6) is 0 Å². The van der Waals surface area contributed by atoms with Crippen molar-refractivity contribution in [3.63, 3.8) is 0 Å². The monoisotopic (exact) mass is 242 g/mol. The van der Waals surface area contributed by atoms with Crippen molar-refractivity contribution in [2.45, 2.75) is 32.6 Å². The maximum absolute atomic E-state index is 11.9. The van der Waals surface area contributed by atoms with E-state index >= 15 is 0 Å². The minimum Gasteiger partial charge on any atom is -0.351 e. The van der Waals surface area contributed by atoms with E-state index in [1.54, 1.807) is 6.92 Å². The molecule has 2 rings (SSSR count). The van der Waals surface area contributed by atoms with Crippen molar-refractivity contribution in [2.24, 2.45) is 5.92 Å². The molecule has 0 bridgehead atoms. The van der Waals surface area contributed by atoms with Gasteiger partial charge in [0.2, 0.25) is 0 Å². The van der Waals surface area contributed by atoms with E-state index in [1.807, 2.05) is 12.1 Å². The molecule has 0 spiro atoms. The molecule has 0 unspecified atom stereocenters. The standard InChI is InChI=1S/C15H18N2O/c1-11(9-16)10-17-15(18)14-7-6-12-4-2-3-5-13(12)8-14/h6-8,11H,2-5,10H2,1H3,(H,17,18)/t11-/m1/s1. The van der Waals surface area contributed by atoms with Crippen LogP contribution in [0.25, 0.3) is 0 Å². The zero-order chi connectivity index (χ0) is 13.0. The maximum atomic E-state index is 11.9. The Balaban J connectivity index is 2.05. The van der Waals surface area contributed by atoms with E-state index in [1.165, 1.54) is 24.0 Å². The van der Waals surface area contributed by atoms with Crippen LogP contribution in [0.4, 0.5) is 0 Å². The second-order valence-electron chi connectivity index (χ2n) is 4.93. The number of hydrogen-bond donors (Lipinski definition) is 1. The minimum atomic E-state index is -0.147. The number of carbonyl (C=O) groups excluding carboxylic acids is 1. The lowest BCUT2D eigenvalue weighted by molar-refractivity contribution is 0.0950. The van der Waals surface area contributed by atoms with Gasteiger partial charge in [-0.15, -0.1) is 0 Å². The molecule has 3 nitrogen and oxygen atoms in total. The largest absolute Gasteiger partial charge is 0.351 e. The highest BCUT2D eigenvalue weighted by molar-refractivity contribution is 5.94. The molecule has 1 aromatic rings. The SMILES string of the molecule is C[C@H](C#N)CNC(=O)c1ccc2c(c1)CCCC2. The molecule has 1 aliphatic carbocycles. The van der Waals surface area contributed by atoms with Gasteiger partial charge in [-0.05, 0) is 55.9 Å². The topological polar surface area (TPSA) is 52.9 Å². The molecule has 1 aliphatic rings. The second-order valence-corrected chi connectivity index (χ2v) is 4.93. The number of carbonyl (C=O) groups is 1. The molecule has 18 heavy (non-hydrogen) atoms. The third-order valence-electron chi connectivity index (χ3n) is 3.40. The second kappa shape index (κ2) is 5.68. The summed E-state index contributed by atoms with van der Waals surface area (Å²) in [4.78, 5) is 11.9. The maximum Gasteiger partial charge on any atom is 0.251 e. The molecule has 0 saturated carbocycles. The van der Waals surface area contributed by atoms with Gasteiger partial charge >= 0.3 is 0 Å². The van der Waals surface area contributed by atoms with Crippen LogP contribution in [0, 0.1) is 17.2 Å². The zero-order valence-corrected chi connectivity index (χ0v) is 10.7. The van der Waals surface area contributed by atoms with Crippen molar-refractivity contribution < 1.29 is 4.79 Å². The number of aryl methyl sites for hydroxylation is 2. The lowest BCUT2D eigenvalue weighted by atomic mass is 9.90. The van der Waals surface area contributed by atoms with Crippen LogP contribution in [-0.2, 0) is 12.8 Å². The third-order valence-corrected chi connectivity index (χ3v) is 3.40. The minimum absolute atomic E-state index is 0.0783. The van der Waals surface area contributed by atoms with Crippen molar-refractivity contribution in [1.82, 2.24) is 5.32 Å². The van der Waals surface area contributed by atoms with Crippen LogP contribution in [0.3, 0.4) is 0 Å². The van der Waals surface area contributed by atoms with Crippen molar-refractivity contribution in [2.75, 3.05) is 6.54 Å². The smallest absolute Gasteiger partial charge is 0.251 e. The molecule has 1 N–H and O–H groups in total. The van der Waals surface area contributed by atoms with Crippen LogP contribution < -0.4 is 5.32 Å². The summed E-state index contributed by atoms with van der Waals surface area (Å²) in [5, 5.41) is 11.5. The molecule has 3 heteroatoms. The number of nitriles is 1. The van der Waals surface area contributed by atoms with Gasteiger partial charge in [-0.2, -0.15) is 5.26 Å². The van der Waals surface area contributed by atoms with Crippen LogP contribution in [-0.4, -0.2) is 12.5 Å². The predicted molar refractivity (Wildman–Crippen MR) is 70.2 cm³/mol. The Morgan fingerprint density at radius 1 is 1.39 bits per heavy atom. The molecule has 94 valence electrons. The quantitative estimate of drug-likeness (QED) is 0.885. The number of amides is 1. The van der Waals surface area contributed by atoms with Gasteiger partial charge in [-0.3, -0.25) is 4.79 Å². The third kappa shape index (κ3) is 2.89. The van der Waals surface area contributed by atoms with E-state index in [0.29, 0.717) is 12.1 Å². The van der Waals surface area contributed by atoms with Gasteiger partial charge in [0.15, 0.2) is 0 Å². The Morgan fingerprint density at radius 2 is 2.11 bits per heavy atom. The molecule has 1 amide bonds. The normalized spacial score (nSPS) is 15.3. The fourth-order valence-electron chi connectivity index (χ4n) is 2.27. The van der Waals surface area contributed by atoms with E-state index in [2.05, 4.69) is 17.5 Å². The van der Waals surface area contributed by atoms with E-state index in [0.717, 1.165) is 12.8 Å². The Kier molecular flexibility index (Phi) is 3.99. The van der Waals surface area contributed by atoms with Gasteiger partial charge in [0.05, 0.1) is 12.0 Å². The molecule has 0 aromatic heterocycles. The fraction of sp³-hybridized carbons (Fsp3) is 0.467. The van der Waals surface area contributed by atoms with Crippen molar-refractivity contribution in [1.29, 1.82) is 5.26 Å². The Bertz CT molecular complexity index is 488. The summed E-state index contributed by atoms with van der Waals surface area (Å²) < 4.78 is 0. The van der Waals surface area contributed by atoms with Gasteiger partial charge in [-0.1, -0.05) is 6.07 Å². The highest BCUT2D eigenvalue weighted by atomic mass is 16.1. The van der Waals surface area contributed by atoms with Crippen LogP contribution in [0.15, 0.2) is 18.2 Å². The summed E-state index contributed by atoms with van der Waals surface area (Å²) in [5.74, 6) is -0.225. The number of nitrogens with one attached hydrogen (secondary N) is 1. The molecule has 1 aromatic carbocycles. The molecular weight excluding hydrogens is 224 g/mol. The number of nitrogens with zero attached hydrogens (tertiary/aromatic N) is 1. The van der Waals surface area contributed by atoms with Gasteiger partial charge in [0.25, 0.3) is 5.91 Å². The Labute approximate surface area is 108 Å². The average Bonchev–Trinajstić information content (AvgIpc) is 2.43. The number of benzene rings is 1. The molecule has 0 fully saturated rings. The van der Waals surface area contributed by atoms with E-state index < -0.39 is 0 Å². The highest BCUT2D eigenvalue weighted by Gasteiger charge is 2.13. The molecule has 1 atom stereocenters. The van der Waals surface area contributed by atoms with Crippen LogP contribution in [0.1, 0.15) is 41.3 Å². The van der Waals surface area contributed by atoms with Gasteiger partial charge in [0, 0.05) is 12.1 Å². The predicted octanol–water partition coefficient (Wildman–Crippen LogP) is 2.45. The summed E-state index contributed by atoms with van der Waals surface area (Å²) in [6.45, 7) is 2.21. The first-order valence-electron chi connectivity index (χ1n) is 6.50. The molecule has 0 heterocycles. The zero-order valence-electron chi connectivity index (χ0n) is 10.7. The van der Waals surface area contributed by atoms with Gasteiger partial charge < -0.3 is 5.32 Å². The van der Waals surface area contributed by atoms with E-state index in [-0.39, 0.29) is 11.8 Å². The molecule has 0 saturated heterocycles. The van der Waals surface area contributed by atoms with Crippen LogP contribution >= 0.6 is 0 Å². The lowest BCUT2D eigenvalue weighted by Crippen LogP contribution is -2.28. The van der Waals surface area contributed by atoms with Crippen molar-refractivity contribution in [3.8, 4) is 6.07 Å². The lowest BCUT2D eigenvalue weighted by Gasteiger charge is -2.16.